The topological polar surface area (TPSA) is 69.9 Å². The van der Waals surface area contributed by atoms with E-state index in [9.17, 15) is 4.79 Å². The van der Waals surface area contributed by atoms with Crippen LogP contribution in [0, 0.1) is 0 Å². The van der Waals surface area contributed by atoms with Crippen molar-refractivity contribution in [3.63, 3.8) is 0 Å². The molecule has 6 nitrogen and oxygen atoms in total. The molecule has 0 saturated heterocycles. The highest BCUT2D eigenvalue weighted by Crippen LogP contribution is 2.21. The van der Waals surface area contributed by atoms with Gasteiger partial charge in [0.1, 0.15) is 0 Å². The molecule has 94 valence electrons. The van der Waals surface area contributed by atoms with E-state index in [1.54, 1.807) is 6.92 Å². The van der Waals surface area contributed by atoms with Gasteiger partial charge in [0.2, 0.25) is 0 Å². The predicted octanol–water partition coefficient (Wildman–Crippen LogP) is 2.15. The van der Waals surface area contributed by atoms with Gasteiger partial charge in [-0.05, 0) is 13.0 Å². The summed E-state index contributed by atoms with van der Waals surface area (Å²) in [7, 11) is 0. The van der Waals surface area contributed by atoms with Crippen molar-refractivity contribution in [2.45, 2.75) is 6.92 Å². The third-order valence-corrected chi connectivity index (χ3v) is 2.47. The standard InChI is InChI=1S/C10H8Cl2N4O2/c1-2-18-10(17)8-5-16(15-14-8)9-7(12)3-6(11)4-13-9/h3-5H,2H2,1H3. The Morgan fingerprint density at radius 2 is 2.28 bits per heavy atom. The molecule has 0 spiro atoms. The molecule has 0 bridgehead atoms. The zero-order valence-electron chi connectivity index (χ0n) is 9.30. The smallest absolute Gasteiger partial charge is 0.360 e. The average molecular weight is 287 g/mol. The van der Waals surface area contributed by atoms with E-state index >= 15 is 0 Å². The van der Waals surface area contributed by atoms with E-state index in [0.29, 0.717) is 15.9 Å². The van der Waals surface area contributed by atoms with Crippen molar-refractivity contribution in [1.29, 1.82) is 0 Å². The molecule has 0 radical (unpaired) electrons. The Hall–Kier alpha value is -1.66. The first kappa shape index (κ1) is 12.8. The fourth-order valence-corrected chi connectivity index (χ4v) is 1.71. The minimum atomic E-state index is -0.547. The number of ether oxygens (including phenoxy) is 1. The highest BCUT2D eigenvalue weighted by Gasteiger charge is 2.14. The Morgan fingerprint density at radius 3 is 2.94 bits per heavy atom. The van der Waals surface area contributed by atoms with Crippen molar-refractivity contribution in [3.8, 4) is 5.82 Å². The van der Waals surface area contributed by atoms with Crippen molar-refractivity contribution in [2.24, 2.45) is 0 Å². The molecule has 0 aliphatic heterocycles. The van der Waals surface area contributed by atoms with Crippen LogP contribution in [0.25, 0.3) is 5.82 Å². The maximum Gasteiger partial charge on any atom is 0.360 e. The highest BCUT2D eigenvalue weighted by molar-refractivity contribution is 6.35. The molecule has 0 N–H and O–H groups in total. The summed E-state index contributed by atoms with van der Waals surface area (Å²) in [6.07, 6.45) is 2.81. The number of carbonyl (C=O) groups excluding carboxylic acids is 1. The van der Waals surface area contributed by atoms with Gasteiger partial charge >= 0.3 is 5.97 Å². The van der Waals surface area contributed by atoms with Crippen LogP contribution in [-0.2, 0) is 4.74 Å². The number of nitrogens with zero attached hydrogens (tertiary/aromatic N) is 4. The summed E-state index contributed by atoms with van der Waals surface area (Å²) in [4.78, 5) is 15.4. The molecule has 18 heavy (non-hydrogen) atoms. The number of esters is 1. The van der Waals surface area contributed by atoms with Crippen LogP contribution in [0.5, 0.6) is 0 Å². The summed E-state index contributed by atoms with van der Waals surface area (Å²) in [6, 6.07) is 1.52. The molecule has 0 atom stereocenters. The Labute approximate surface area is 112 Å². The number of aromatic nitrogens is 4. The molecule has 0 aliphatic carbocycles. The minimum Gasteiger partial charge on any atom is -0.461 e. The molecule has 2 aromatic rings. The zero-order valence-corrected chi connectivity index (χ0v) is 10.8. The fourth-order valence-electron chi connectivity index (χ4n) is 1.24. The van der Waals surface area contributed by atoms with Crippen LogP contribution in [0.3, 0.4) is 0 Å². The molecule has 2 heterocycles. The minimum absolute atomic E-state index is 0.0877. The van der Waals surface area contributed by atoms with Crippen LogP contribution in [0.4, 0.5) is 0 Å². The Kier molecular flexibility index (Phi) is 3.78. The Bertz CT molecular complexity index is 585. The number of pyridine rings is 1. The number of halogens is 2. The fraction of sp³-hybridized carbons (Fsp3) is 0.200. The van der Waals surface area contributed by atoms with Crippen LogP contribution < -0.4 is 0 Å². The second-order valence-electron chi connectivity index (χ2n) is 3.23. The first-order chi connectivity index (χ1) is 8.61. The summed E-state index contributed by atoms with van der Waals surface area (Å²) in [5, 5.41) is 8.16. The molecule has 0 unspecified atom stereocenters. The van der Waals surface area contributed by atoms with E-state index < -0.39 is 5.97 Å². The van der Waals surface area contributed by atoms with E-state index in [-0.39, 0.29) is 12.3 Å². The zero-order chi connectivity index (χ0) is 13.1. The number of rotatable bonds is 3. The van der Waals surface area contributed by atoms with Crippen molar-refractivity contribution in [2.75, 3.05) is 6.61 Å². The molecular weight excluding hydrogens is 279 g/mol. The second kappa shape index (κ2) is 5.32. The molecule has 0 saturated carbocycles. The Morgan fingerprint density at radius 1 is 1.50 bits per heavy atom. The second-order valence-corrected chi connectivity index (χ2v) is 4.07. The first-order valence-corrected chi connectivity index (χ1v) is 5.78. The summed E-state index contributed by atoms with van der Waals surface area (Å²) < 4.78 is 6.08. The SMILES string of the molecule is CCOC(=O)c1cn(-c2ncc(Cl)cc2Cl)nn1. The molecular formula is C10H8Cl2N4O2. The molecule has 0 fully saturated rings. The molecule has 0 aliphatic rings. The van der Waals surface area contributed by atoms with Gasteiger partial charge in [0.25, 0.3) is 0 Å². The highest BCUT2D eigenvalue weighted by atomic mass is 35.5. The van der Waals surface area contributed by atoms with Gasteiger partial charge in [-0.1, -0.05) is 28.4 Å². The summed E-state index contributed by atoms with van der Waals surface area (Å²) in [5.74, 6) is -0.210. The molecule has 2 aromatic heterocycles. The van der Waals surface area contributed by atoms with Gasteiger partial charge in [-0.15, -0.1) is 5.10 Å². The van der Waals surface area contributed by atoms with Gasteiger partial charge in [0, 0.05) is 6.20 Å². The quantitative estimate of drug-likeness (QED) is 0.809. The normalized spacial score (nSPS) is 10.4. The van der Waals surface area contributed by atoms with Crippen LogP contribution in [0.2, 0.25) is 10.0 Å². The third kappa shape index (κ3) is 2.60. The van der Waals surface area contributed by atoms with E-state index in [0.717, 1.165) is 0 Å². The average Bonchev–Trinajstić information content (AvgIpc) is 2.78. The third-order valence-electron chi connectivity index (χ3n) is 1.98. The lowest BCUT2D eigenvalue weighted by Gasteiger charge is -2.01. The van der Waals surface area contributed by atoms with Crippen molar-refractivity contribution >= 4 is 29.2 Å². The van der Waals surface area contributed by atoms with Gasteiger partial charge in [-0.25, -0.2) is 9.78 Å². The first-order valence-electron chi connectivity index (χ1n) is 5.02. The lowest BCUT2D eigenvalue weighted by Crippen LogP contribution is -2.04. The van der Waals surface area contributed by atoms with E-state index in [4.69, 9.17) is 27.9 Å². The van der Waals surface area contributed by atoms with Crippen LogP contribution >= 0.6 is 23.2 Å². The Balaban J connectivity index is 2.32. The molecule has 0 aromatic carbocycles. The lowest BCUT2D eigenvalue weighted by molar-refractivity contribution is 0.0519. The number of hydrogen-bond donors (Lipinski definition) is 0. The van der Waals surface area contributed by atoms with Crippen LogP contribution in [0.1, 0.15) is 17.4 Å². The van der Waals surface area contributed by atoms with E-state index in [1.807, 2.05) is 0 Å². The monoisotopic (exact) mass is 286 g/mol. The number of hydrogen-bond acceptors (Lipinski definition) is 5. The summed E-state index contributed by atoms with van der Waals surface area (Å²) >= 11 is 11.7. The maximum absolute atomic E-state index is 11.4. The number of carbonyl (C=O) groups is 1. The predicted molar refractivity (Wildman–Crippen MR) is 65.1 cm³/mol. The van der Waals surface area contributed by atoms with Gasteiger partial charge in [-0.2, -0.15) is 4.68 Å². The van der Waals surface area contributed by atoms with E-state index in [1.165, 1.54) is 23.1 Å². The van der Waals surface area contributed by atoms with E-state index in [2.05, 4.69) is 15.3 Å². The summed E-state index contributed by atoms with van der Waals surface area (Å²) in [5.41, 5.74) is 0.0877. The molecule has 0 amide bonds. The van der Waals surface area contributed by atoms with Gasteiger partial charge in [0.05, 0.1) is 22.8 Å². The molecule has 8 heteroatoms. The summed E-state index contributed by atoms with van der Waals surface area (Å²) in [6.45, 7) is 1.98. The molecule has 2 rings (SSSR count). The van der Waals surface area contributed by atoms with Crippen molar-refractivity contribution < 1.29 is 9.53 Å². The van der Waals surface area contributed by atoms with Crippen molar-refractivity contribution in [3.05, 3.63) is 34.2 Å². The largest absolute Gasteiger partial charge is 0.461 e. The van der Waals surface area contributed by atoms with Crippen LogP contribution in [-0.4, -0.2) is 32.6 Å². The van der Waals surface area contributed by atoms with Gasteiger partial charge in [0.15, 0.2) is 11.5 Å². The maximum atomic E-state index is 11.4. The van der Waals surface area contributed by atoms with Crippen LogP contribution in [0.15, 0.2) is 18.5 Å². The van der Waals surface area contributed by atoms with Crippen molar-refractivity contribution in [1.82, 2.24) is 20.0 Å². The lowest BCUT2D eigenvalue weighted by atomic mass is 10.4. The van der Waals surface area contributed by atoms with Gasteiger partial charge < -0.3 is 4.74 Å². The van der Waals surface area contributed by atoms with Gasteiger partial charge in [-0.3, -0.25) is 0 Å².